The molecule has 0 aliphatic carbocycles. The van der Waals surface area contributed by atoms with Crippen molar-refractivity contribution in [3.05, 3.63) is 0 Å². The Kier molecular flexibility index (Phi) is 15.4. The van der Waals surface area contributed by atoms with Gasteiger partial charge in [-0.05, 0) is 27.1 Å². The van der Waals surface area contributed by atoms with E-state index in [4.69, 9.17) is 10.8 Å². The predicted octanol–water partition coefficient (Wildman–Crippen LogP) is 0.285. The molecule has 3 nitrogen and oxygen atoms in total. The van der Waals surface area contributed by atoms with E-state index in [0.717, 1.165) is 13.1 Å². The highest BCUT2D eigenvalue weighted by atomic mass is 16.3. The molecule has 0 saturated heterocycles. The van der Waals surface area contributed by atoms with Gasteiger partial charge >= 0.3 is 0 Å². The zero-order valence-electron chi connectivity index (χ0n) is 8.01. The van der Waals surface area contributed by atoms with Crippen molar-refractivity contribution in [2.45, 2.75) is 19.8 Å². The fraction of sp³-hybridized carbons (Fsp3) is 1.00. The molecule has 0 fully saturated rings. The average molecular weight is 162 g/mol. The monoisotopic (exact) mass is 162 g/mol. The number of likely N-dealkylation sites (N-methyl/N-ethyl adjacent to an activating group) is 1. The number of unbranched alkanes of at least 4 members (excludes halogenated alkanes) is 1. The molecule has 0 heterocycles. The van der Waals surface area contributed by atoms with Gasteiger partial charge in [-0.3, -0.25) is 0 Å². The summed E-state index contributed by atoms with van der Waals surface area (Å²) in [7, 11) is 3.85. The van der Waals surface area contributed by atoms with E-state index in [1.807, 2.05) is 19.0 Å². The minimum absolute atomic E-state index is 0.257. The van der Waals surface area contributed by atoms with Gasteiger partial charge in [0.15, 0.2) is 0 Å². The SMILES string of the molecule is CCCCN.CN(C)CCO. The number of hydrogen-bond acceptors (Lipinski definition) is 3. The standard InChI is InChI=1S/C4H11NO.C4H11N/c1-5(2)3-4-6;1-2-3-4-5/h6H,3-4H2,1-2H3;2-5H2,1H3. The van der Waals surface area contributed by atoms with E-state index in [1.54, 1.807) is 0 Å². The second kappa shape index (κ2) is 12.5. The third-order valence-corrected chi connectivity index (χ3v) is 1.10. The fourth-order valence-corrected chi connectivity index (χ4v) is 0.404. The van der Waals surface area contributed by atoms with E-state index < -0.39 is 0 Å². The Labute approximate surface area is 70.2 Å². The molecule has 0 rings (SSSR count). The quantitative estimate of drug-likeness (QED) is 0.624. The molecular weight excluding hydrogens is 140 g/mol. The Hall–Kier alpha value is -0.120. The molecule has 0 aliphatic rings. The second-order valence-electron chi connectivity index (χ2n) is 2.67. The first-order chi connectivity index (χ1) is 5.18. The van der Waals surface area contributed by atoms with E-state index in [-0.39, 0.29) is 6.61 Å². The Morgan fingerprint density at radius 2 is 1.91 bits per heavy atom. The molecule has 0 aromatic heterocycles. The third-order valence-electron chi connectivity index (χ3n) is 1.10. The van der Waals surface area contributed by atoms with Gasteiger partial charge in [-0.25, -0.2) is 0 Å². The Morgan fingerprint density at radius 3 is 1.91 bits per heavy atom. The van der Waals surface area contributed by atoms with E-state index >= 15 is 0 Å². The molecule has 0 bridgehead atoms. The molecule has 0 spiro atoms. The van der Waals surface area contributed by atoms with Crippen molar-refractivity contribution in [1.29, 1.82) is 0 Å². The van der Waals surface area contributed by atoms with Crippen molar-refractivity contribution in [1.82, 2.24) is 4.90 Å². The van der Waals surface area contributed by atoms with Crippen LogP contribution in [0.4, 0.5) is 0 Å². The van der Waals surface area contributed by atoms with Crippen molar-refractivity contribution in [3.8, 4) is 0 Å². The molecule has 0 unspecified atom stereocenters. The zero-order chi connectivity index (χ0) is 9.11. The highest BCUT2D eigenvalue weighted by molar-refractivity contribution is 4.34. The van der Waals surface area contributed by atoms with Crippen LogP contribution >= 0.6 is 0 Å². The summed E-state index contributed by atoms with van der Waals surface area (Å²) in [6, 6.07) is 0. The number of nitrogens with zero attached hydrogens (tertiary/aromatic N) is 1. The minimum atomic E-state index is 0.257. The van der Waals surface area contributed by atoms with Gasteiger partial charge in [-0.1, -0.05) is 13.3 Å². The summed E-state index contributed by atoms with van der Waals surface area (Å²) in [5, 5.41) is 8.20. The second-order valence-corrected chi connectivity index (χ2v) is 2.67. The Balaban J connectivity index is 0. The summed E-state index contributed by atoms with van der Waals surface area (Å²) < 4.78 is 0. The molecule has 0 saturated carbocycles. The van der Waals surface area contributed by atoms with Crippen molar-refractivity contribution in [2.75, 3.05) is 33.8 Å². The smallest absolute Gasteiger partial charge is 0.0558 e. The Morgan fingerprint density at radius 1 is 1.36 bits per heavy atom. The summed E-state index contributed by atoms with van der Waals surface area (Å²) in [4.78, 5) is 1.93. The predicted molar refractivity (Wildman–Crippen MR) is 49.6 cm³/mol. The molecule has 0 radical (unpaired) electrons. The van der Waals surface area contributed by atoms with Gasteiger partial charge in [-0.2, -0.15) is 0 Å². The van der Waals surface area contributed by atoms with E-state index in [9.17, 15) is 0 Å². The molecule has 0 atom stereocenters. The van der Waals surface area contributed by atoms with Gasteiger partial charge in [0.1, 0.15) is 0 Å². The van der Waals surface area contributed by atoms with Crippen molar-refractivity contribution >= 4 is 0 Å². The van der Waals surface area contributed by atoms with Crippen LogP contribution in [0.15, 0.2) is 0 Å². The fourth-order valence-electron chi connectivity index (χ4n) is 0.404. The van der Waals surface area contributed by atoms with Gasteiger partial charge in [0.2, 0.25) is 0 Å². The maximum Gasteiger partial charge on any atom is 0.0558 e. The first-order valence-corrected chi connectivity index (χ1v) is 4.14. The number of hydrogen-bond donors (Lipinski definition) is 2. The Bertz CT molecular complexity index is 56.1. The van der Waals surface area contributed by atoms with Gasteiger partial charge in [-0.15, -0.1) is 0 Å². The summed E-state index contributed by atoms with van der Waals surface area (Å²) in [6.07, 6.45) is 2.39. The van der Waals surface area contributed by atoms with Crippen LogP contribution in [0, 0.1) is 0 Å². The molecular formula is C8H22N2O. The van der Waals surface area contributed by atoms with Crippen LogP contribution < -0.4 is 5.73 Å². The van der Waals surface area contributed by atoms with Crippen molar-refractivity contribution < 1.29 is 5.11 Å². The van der Waals surface area contributed by atoms with E-state index in [2.05, 4.69) is 6.92 Å². The maximum absolute atomic E-state index is 8.20. The lowest BCUT2D eigenvalue weighted by molar-refractivity contribution is 0.243. The van der Waals surface area contributed by atoms with Gasteiger partial charge in [0, 0.05) is 6.54 Å². The molecule has 3 N–H and O–H groups in total. The van der Waals surface area contributed by atoms with Gasteiger partial charge in [0.25, 0.3) is 0 Å². The molecule has 11 heavy (non-hydrogen) atoms. The first kappa shape index (κ1) is 13.5. The van der Waals surface area contributed by atoms with Crippen LogP contribution in [0.5, 0.6) is 0 Å². The molecule has 0 aromatic rings. The van der Waals surface area contributed by atoms with E-state index in [0.29, 0.717) is 0 Å². The zero-order valence-corrected chi connectivity index (χ0v) is 8.01. The van der Waals surface area contributed by atoms with E-state index in [1.165, 1.54) is 12.8 Å². The molecule has 0 aliphatic heterocycles. The molecule has 3 heteroatoms. The molecule has 0 aromatic carbocycles. The number of nitrogens with two attached hydrogens (primary N) is 1. The highest BCUT2D eigenvalue weighted by Crippen LogP contribution is 1.77. The summed E-state index contributed by atoms with van der Waals surface area (Å²) in [5.41, 5.74) is 5.14. The minimum Gasteiger partial charge on any atom is -0.395 e. The van der Waals surface area contributed by atoms with Crippen LogP contribution in [0.1, 0.15) is 19.8 Å². The normalized spacial score (nSPS) is 9.27. The topological polar surface area (TPSA) is 49.5 Å². The number of rotatable bonds is 4. The summed E-state index contributed by atoms with van der Waals surface area (Å²) in [5.74, 6) is 0. The van der Waals surface area contributed by atoms with Crippen molar-refractivity contribution in [2.24, 2.45) is 5.73 Å². The molecule has 0 amide bonds. The maximum atomic E-state index is 8.20. The lowest BCUT2D eigenvalue weighted by Gasteiger charge is -2.03. The van der Waals surface area contributed by atoms with Crippen LogP contribution in [-0.2, 0) is 0 Å². The van der Waals surface area contributed by atoms with Crippen LogP contribution in [-0.4, -0.2) is 43.8 Å². The van der Waals surface area contributed by atoms with Crippen LogP contribution in [0.2, 0.25) is 0 Å². The third kappa shape index (κ3) is 25.8. The van der Waals surface area contributed by atoms with Gasteiger partial charge < -0.3 is 15.7 Å². The lowest BCUT2D eigenvalue weighted by atomic mass is 10.3. The highest BCUT2D eigenvalue weighted by Gasteiger charge is 1.80. The van der Waals surface area contributed by atoms with Crippen molar-refractivity contribution in [3.63, 3.8) is 0 Å². The van der Waals surface area contributed by atoms with Gasteiger partial charge in [0.05, 0.1) is 6.61 Å². The first-order valence-electron chi connectivity index (χ1n) is 4.14. The van der Waals surface area contributed by atoms with Crippen LogP contribution in [0.3, 0.4) is 0 Å². The average Bonchev–Trinajstić information content (AvgIpc) is 1.90. The summed E-state index contributed by atoms with van der Waals surface area (Å²) >= 11 is 0. The lowest BCUT2D eigenvalue weighted by Crippen LogP contribution is -2.15. The molecule has 70 valence electrons. The van der Waals surface area contributed by atoms with Crippen LogP contribution in [0.25, 0.3) is 0 Å². The summed E-state index contributed by atoms with van der Waals surface area (Å²) in [6.45, 7) is 4.00. The number of aliphatic hydroxyl groups excluding tert-OH is 1. The number of aliphatic hydroxyl groups is 1. The largest absolute Gasteiger partial charge is 0.395 e.